The average molecular weight is 414 g/mol. The highest BCUT2D eigenvalue weighted by Crippen LogP contribution is 2.34. The number of ether oxygens (including phenoxy) is 2. The predicted molar refractivity (Wildman–Crippen MR) is 121 cm³/mol. The molecule has 0 aromatic heterocycles. The minimum Gasteiger partial charge on any atom is -0.488 e. The lowest BCUT2D eigenvalue weighted by molar-refractivity contribution is 0.0733. The van der Waals surface area contributed by atoms with Crippen LogP contribution in [0.25, 0.3) is 0 Å². The molecular formula is C27H27NO3. The van der Waals surface area contributed by atoms with Gasteiger partial charge in [-0.1, -0.05) is 44.2 Å². The maximum absolute atomic E-state index is 12.4. The summed E-state index contributed by atoms with van der Waals surface area (Å²) >= 11 is 0. The summed E-state index contributed by atoms with van der Waals surface area (Å²) in [4.78, 5) is 12.4. The predicted octanol–water partition coefficient (Wildman–Crippen LogP) is 6.30. The Morgan fingerprint density at radius 1 is 0.839 bits per heavy atom. The lowest BCUT2D eigenvalue weighted by Gasteiger charge is -2.35. The van der Waals surface area contributed by atoms with E-state index in [4.69, 9.17) is 14.7 Å². The van der Waals surface area contributed by atoms with Gasteiger partial charge in [-0.05, 0) is 79.8 Å². The number of benzene rings is 3. The minimum atomic E-state index is -0.458. The molecule has 0 radical (unpaired) electrons. The Morgan fingerprint density at radius 2 is 1.42 bits per heavy atom. The van der Waals surface area contributed by atoms with Crippen LogP contribution in [0.15, 0.2) is 78.9 Å². The van der Waals surface area contributed by atoms with Crippen LogP contribution >= 0.6 is 0 Å². The van der Waals surface area contributed by atoms with E-state index in [1.54, 1.807) is 48.5 Å². The van der Waals surface area contributed by atoms with Crippen molar-refractivity contribution in [2.24, 2.45) is 0 Å². The number of carbonyl (C=O) groups is 1. The van der Waals surface area contributed by atoms with Gasteiger partial charge in [0.1, 0.15) is 17.1 Å². The van der Waals surface area contributed by atoms with Crippen molar-refractivity contribution in [1.29, 1.82) is 5.26 Å². The van der Waals surface area contributed by atoms with E-state index in [9.17, 15) is 4.79 Å². The van der Waals surface area contributed by atoms with Gasteiger partial charge in [0.05, 0.1) is 17.2 Å². The van der Waals surface area contributed by atoms with Gasteiger partial charge in [-0.3, -0.25) is 0 Å². The van der Waals surface area contributed by atoms with Crippen LogP contribution in [0, 0.1) is 11.3 Å². The van der Waals surface area contributed by atoms with Gasteiger partial charge in [0, 0.05) is 0 Å². The smallest absolute Gasteiger partial charge is 0.343 e. The highest BCUT2D eigenvalue weighted by Gasteiger charge is 2.31. The highest BCUT2D eigenvalue weighted by atomic mass is 16.5. The molecule has 0 aliphatic carbocycles. The fourth-order valence-electron chi connectivity index (χ4n) is 3.83. The Morgan fingerprint density at radius 3 is 2.00 bits per heavy atom. The Balaban J connectivity index is 1.63. The number of hydrogen-bond donors (Lipinski definition) is 0. The van der Waals surface area contributed by atoms with Gasteiger partial charge < -0.3 is 9.47 Å². The Bertz CT molecular complexity index is 1060. The van der Waals surface area contributed by atoms with Crippen molar-refractivity contribution < 1.29 is 14.3 Å². The van der Waals surface area contributed by atoms with Crippen LogP contribution in [-0.2, 0) is 5.41 Å². The maximum Gasteiger partial charge on any atom is 0.343 e. The summed E-state index contributed by atoms with van der Waals surface area (Å²) < 4.78 is 11.6. The molecule has 0 saturated heterocycles. The van der Waals surface area contributed by atoms with E-state index in [1.807, 2.05) is 12.1 Å². The maximum atomic E-state index is 12.4. The van der Waals surface area contributed by atoms with Crippen LogP contribution < -0.4 is 9.47 Å². The molecule has 4 nitrogen and oxygen atoms in total. The van der Waals surface area contributed by atoms with E-state index in [1.165, 1.54) is 5.56 Å². The van der Waals surface area contributed by atoms with Crippen molar-refractivity contribution in [3.63, 3.8) is 0 Å². The van der Waals surface area contributed by atoms with Gasteiger partial charge in [0.25, 0.3) is 0 Å². The van der Waals surface area contributed by atoms with Crippen molar-refractivity contribution in [3.05, 3.63) is 95.6 Å². The quantitative estimate of drug-likeness (QED) is 0.337. The Labute approximate surface area is 184 Å². The standard InChI is InChI=1S/C27H27NO3/c1-26(2,22-8-6-5-7-9-22)19-27(3,4)31-24-16-12-21(13-17-24)25(29)30-23-14-10-20(18-28)11-15-23/h5-17H,19H2,1-4H3. The second kappa shape index (κ2) is 9.06. The molecule has 0 aliphatic rings. The molecule has 0 heterocycles. The second-order valence-electron chi connectivity index (χ2n) is 8.84. The van der Waals surface area contributed by atoms with Gasteiger partial charge in [0.15, 0.2) is 0 Å². The Kier molecular flexibility index (Phi) is 6.46. The summed E-state index contributed by atoms with van der Waals surface area (Å²) in [6.07, 6.45) is 0.826. The van der Waals surface area contributed by atoms with E-state index in [0.717, 1.165) is 6.42 Å². The minimum absolute atomic E-state index is 0.0460. The second-order valence-corrected chi connectivity index (χ2v) is 8.84. The molecule has 0 amide bonds. The van der Waals surface area contributed by atoms with E-state index in [-0.39, 0.29) is 5.41 Å². The molecule has 0 fully saturated rings. The third-order valence-electron chi connectivity index (χ3n) is 5.10. The number of rotatable bonds is 7. The summed E-state index contributed by atoms with van der Waals surface area (Å²) in [6.45, 7) is 8.58. The van der Waals surface area contributed by atoms with Crippen LogP contribution in [0.4, 0.5) is 0 Å². The zero-order chi connectivity index (χ0) is 22.5. The normalized spacial score (nSPS) is 11.5. The molecule has 0 spiro atoms. The lowest BCUT2D eigenvalue weighted by atomic mass is 9.76. The van der Waals surface area contributed by atoms with Gasteiger partial charge in [-0.2, -0.15) is 5.26 Å². The van der Waals surface area contributed by atoms with Crippen molar-refractivity contribution in [3.8, 4) is 17.6 Å². The molecule has 31 heavy (non-hydrogen) atoms. The van der Waals surface area contributed by atoms with Crippen LogP contribution in [0.1, 0.15) is 55.6 Å². The summed E-state index contributed by atoms with van der Waals surface area (Å²) in [5, 5.41) is 8.85. The first kappa shape index (κ1) is 22.1. The molecule has 3 aromatic rings. The highest BCUT2D eigenvalue weighted by molar-refractivity contribution is 5.91. The molecule has 158 valence electrons. The van der Waals surface area contributed by atoms with Crippen LogP contribution in [0.2, 0.25) is 0 Å². The summed E-state index contributed by atoms with van der Waals surface area (Å²) in [5.41, 5.74) is 1.77. The number of hydrogen-bond acceptors (Lipinski definition) is 4. The first-order valence-corrected chi connectivity index (χ1v) is 10.3. The van der Waals surface area contributed by atoms with Crippen molar-refractivity contribution in [2.75, 3.05) is 0 Å². The molecular weight excluding hydrogens is 386 g/mol. The molecule has 3 rings (SSSR count). The first-order chi connectivity index (χ1) is 14.7. The zero-order valence-electron chi connectivity index (χ0n) is 18.4. The lowest BCUT2D eigenvalue weighted by Crippen LogP contribution is -2.36. The molecule has 4 heteroatoms. The molecule has 0 atom stereocenters. The SMILES string of the molecule is CC(C)(CC(C)(C)c1ccccc1)Oc1ccc(C(=O)Oc2ccc(C#N)cc2)cc1. The van der Waals surface area contributed by atoms with Gasteiger partial charge in [0.2, 0.25) is 0 Å². The number of esters is 1. The fraction of sp³-hybridized carbons (Fsp3) is 0.259. The van der Waals surface area contributed by atoms with Crippen molar-refractivity contribution in [2.45, 2.75) is 45.1 Å². The van der Waals surface area contributed by atoms with Crippen molar-refractivity contribution in [1.82, 2.24) is 0 Å². The molecule has 0 N–H and O–H groups in total. The third kappa shape index (κ3) is 5.96. The first-order valence-electron chi connectivity index (χ1n) is 10.3. The number of nitriles is 1. The number of carbonyl (C=O) groups excluding carboxylic acids is 1. The van der Waals surface area contributed by atoms with E-state index < -0.39 is 11.6 Å². The largest absolute Gasteiger partial charge is 0.488 e. The van der Waals surface area contributed by atoms with Crippen LogP contribution in [0.5, 0.6) is 11.5 Å². The summed E-state index contributed by atoms with van der Waals surface area (Å²) in [6, 6.07) is 25.8. The third-order valence-corrected chi connectivity index (χ3v) is 5.10. The number of nitrogens with zero attached hydrogens (tertiary/aromatic N) is 1. The van der Waals surface area contributed by atoms with Gasteiger partial charge >= 0.3 is 5.97 Å². The molecule has 3 aromatic carbocycles. The Hall–Kier alpha value is -3.58. The van der Waals surface area contributed by atoms with Crippen LogP contribution in [0.3, 0.4) is 0 Å². The zero-order valence-corrected chi connectivity index (χ0v) is 18.4. The molecule has 0 aliphatic heterocycles. The van der Waals surface area contributed by atoms with E-state index >= 15 is 0 Å². The average Bonchev–Trinajstić information content (AvgIpc) is 2.74. The molecule has 0 saturated carbocycles. The summed E-state index contributed by atoms with van der Waals surface area (Å²) in [5.74, 6) is 0.637. The summed E-state index contributed by atoms with van der Waals surface area (Å²) in [7, 11) is 0. The van der Waals surface area contributed by atoms with Crippen molar-refractivity contribution >= 4 is 5.97 Å². The van der Waals surface area contributed by atoms with E-state index in [0.29, 0.717) is 22.6 Å². The monoisotopic (exact) mass is 413 g/mol. The van der Waals surface area contributed by atoms with Gasteiger partial charge in [-0.15, -0.1) is 0 Å². The molecule has 0 unspecified atom stereocenters. The molecule has 0 bridgehead atoms. The topological polar surface area (TPSA) is 59.3 Å². The fourth-order valence-corrected chi connectivity index (χ4v) is 3.83. The van der Waals surface area contributed by atoms with Crippen LogP contribution in [-0.4, -0.2) is 11.6 Å². The van der Waals surface area contributed by atoms with Gasteiger partial charge in [-0.25, -0.2) is 4.79 Å². The van der Waals surface area contributed by atoms with E-state index in [2.05, 4.69) is 52.0 Å².